The number of carbonyl (C=O) groups excluding carboxylic acids is 1. The SMILES string of the molecule is C=CC(=O)NCc1ccc(N2CCc3ccccc3C2)nc1. The molecule has 0 spiro atoms. The Labute approximate surface area is 130 Å². The molecule has 0 radical (unpaired) electrons. The zero-order valence-corrected chi connectivity index (χ0v) is 12.5. The minimum Gasteiger partial charge on any atom is -0.352 e. The average Bonchev–Trinajstić information content (AvgIpc) is 2.59. The van der Waals surface area contributed by atoms with E-state index in [9.17, 15) is 4.79 Å². The summed E-state index contributed by atoms with van der Waals surface area (Å²) in [6, 6.07) is 12.6. The zero-order chi connectivity index (χ0) is 15.4. The highest BCUT2D eigenvalue weighted by atomic mass is 16.1. The van der Waals surface area contributed by atoms with Gasteiger partial charge in [0.2, 0.25) is 5.91 Å². The van der Waals surface area contributed by atoms with E-state index < -0.39 is 0 Å². The molecule has 0 saturated carbocycles. The van der Waals surface area contributed by atoms with Crippen molar-refractivity contribution in [3.63, 3.8) is 0 Å². The summed E-state index contributed by atoms with van der Waals surface area (Å²) >= 11 is 0. The fraction of sp³-hybridized carbons (Fsp3) is 0.222. The topological polar surface area (TPSA) is 45.2 Å². The van der Waals surface area contributed by atoms with Crippen LogP contribution in [0.15, 0.2) is 55.3 Å². The minimum atomic E-state index is -0.170. The Morgan fingerprint density at radius 2 is 2.09 bits per heavy atom. The number of hydrogen-bond acceptors (Lipinski definition) is 3. The Bertz CT molecular complexity index is 679. The number of nitrogens with one attached hydrogen (secondary N) is 1. The molecule has 0 unspecified atom stereocenters. The van der Waals surface area contributed by atoms with E-state index in [2.05, 4.69) is 46.0 Å². The summed E-state index contributed by atoms with van der Waals surface area (Å²) in [5, 5.41) is 2.75. The van der Waals surface area contributed by atoms with Crippen molar-refractivity contribution in [1.82, 2.24) is 10.3 Å². The zero-order valence-electron chi connectivity index (χ0n) is 12.5. The molecule has 4 nitrogen and oxygen atoms in total. The van der Waals surface area contributed by atoms with Gasteiger partial charge in [-0.3, -0.25) is 4.79 Å². The van der Waals surface area contributed by atoms with Crippen LogP contribution in [0.5, 0.6) is 0 Å². The van der Waals surface area contributed by atoms with Gasteiger partial charge in [0.25, 0.3) is 0 Å². The number of pyridine rings is 1. The van der Waals surface area contributed by atoms with Crippen LogP contribution in [0.3, 0.4) is 0 Å². The van der Waals surface area contributed by atoms with Gasteiger partial charge in [-0.05, 0) is 35.3 Å². The third kappa shape index (κ3) is 3.17. The van der Waals surface area contributed by atoms with Crippen molar-refractivity contribution < 1.29 is 4.79 Å². The molecule has 1 aliphatic heterocycles. The van der Waals surface area contributed by atoms with Crippen molar-refractivity contribution in [1.29, 1.82) is 0 Å². The lowest BCUT2D eigenvalue weighted by atomic mass is 10.00. The van der Waals surface area contributed by atoms with E-state index in [1.165, 1.54) is 17.2 Å². The Hall–Kier alpha value is -2.62. The number of nitrogens with zero attached hydrogens (tertiary/aromatic N) is 2. The first kappa shape index (κ1) is 14.3. The van der Waals surface area contributed by atoms with Gasteiger partial charge in [0.05, 0.1) is 0 Å². The summed E-state index contributed by atoms with van der Waals surface area (Å²) in [6.07, 6.45) is 4.14. The van der Waals surface area contributed by atoms with Crippen LogP contribution in [0.25, 0.3) is 0 Å². The molecule has 1 aromatic carbocycles. The first-order chi connectivity index (χ1) is 10.8. The second-order valence-electron chi connectivity index (χ2n) is 5.39. The number of carbonyl (C=O) groups is 1. The van der Waals surface area contributed by atoms with E-state index in [0.29, 0.717) is 6.54 Å². The Morgan fingerprint density at radius 1 is 1.27 bits per heavy atom. The van der Waals surface area contributed by atoms with Gasteiger partial charge in [0.15, 0.2) is 0 Å². The molecule has 0 atom stereocenters. The smallest absolute Gasteiger partial charge is 0.243 e. The predicted octanol–water partition coefficient (Wildman–Crippen LogP) is 2.45. The summed E-state index contributed by atoms with van der Waals surface area (Å²) < 4.78 is 0. The summed E-state index contributed by atoms with van der Waals surface area (Å²) in [6.45, 7) is 5.79. The lowest BCUT2D eigenvalue weighted by molar-refractivity contribution is -0.116. The molecular formula is C18H19N3O. The standard InChI is InChI=1S/C18H19N3O/c1-2-18(22)20-12-14-7-8-17(19-11-14)21-10-9-15-5-3-4-6-16(15)13-21/h2-8,11H,1,9-10,12-13H2,(H,20,22). The number of benzene rings is 1. The number of anilines is 1. The van der Waals surface area contributed by atoms with Gasteiger partial charge in [-0.15, -0.1) is 0 Å². The minimum absolute atomic E-state index is 0.170. The van der Waals surface area contributed by atoms with Crippen molar-refractivity contribution in [2.45, 2.75) is 19.5 Å². The monoisotopic (exact) mass is 293 g/mol. The molecule has 2 heterocycles. The third-order valence-corrected chi connectivity index (χ3v) is 3.92. The van der Waals surface area contributed by atoms with E-state index >= 15 is 0 Å². The lowest BCUT2D eigenvalue weighted by Crippen LogP contribution is -2.31. The number of amides is 1. The first-order valence-electron chi connectivity index (χ1n) is 7.43. The summed E-state index contributed by atoms with van der Waals surface area (Å²) in [5.41, 5.74) is 3.79. The fourth-order valence-electron chi connectivity index (χ4n) is 2.66. The maximum absolute atomic E-state index is 11.2. The normalized spacial score (nSPS) is 13.4. The van der Waals surface area contributed by atoms with E-state index in [0.717, 1.165) is 30.9 Å². The fourth-order valence-corrected chi connectivity index (χ4v) is 2.66. The molecule has 22 heavy (non-hydrogen) atoms. The molecule has 112 valence electrons. The van der Waals surface area contributed by atoms with Gasteiger partial charge in [-0.1, -0.05) is 36.9 Å². The van der Waals surface area contributed by atoms with Gasteiger partial charge in [-0.2, -0.15) is 0 Å². The Balaban J connectivity index is 1.66. The van der Waals surface area contributed by atoms with Crippen LogP contribution in [-0.4, -0.2) is 17.4 Å². The predicted molar refractivity (Wildman–Crippen MR) is 87.5 cm³/mol. The molecule has 1 amide bonds. The molecule has 1 aromatic heterocycles. The second-order valence-corrected chi connectivity index (χ2v) is 5.39. The van der Waals surface area contributed by atoms with E-state index in [4.69, 9.17) is 0 Å². The molecule has 4 heteroatoms. The first-order valence-corrected chi connectivity index (χ1v) is 7.43. The molecule has 0 saturated heterocycles. The highest BCUT2D eigenvalue weighted by molar-refractivity contribution is 5.86. The number of aromatic nitrogens is 1. The second kappa shape index (κ2) is 6.43. The molecule has 0 aliphatic carbocycles. The van der Waals surface area contributed by atoms with Crippen molar-refractivity contribution >= 4 is 11.7 Å². The number of hydrogen-bond donors (Lipinski definition) is 1. The lowest BCUT2D eigenvalue weighted by Gasteiger charge is -2.29. The molecule has 1 aliphatic rings. The van der Waals surface area contributed by atoms with Gasteiger partial charge in [0, 0.05) is 25.8 Å². The summed E-state index contributed by atoms with van der Waals surface area (Å²) in [7, 11) is 0. The maximum atomic E-state index is 11.2. The van der Waals surface area contributed by atoms with Gasteiger partial charge in [0.1, 0.15) is 5.82 Å². The van der Waals surface area contributed by atoms with E-state index in [1.807, 2.05) is 18.3 Å². The van der Waals surface area contributed by atoms with E-state index in [1.54, 1.807) is 0 Å². The van der Waals surface area contributed by atoms with Crippen LogP contribution in [0.4, 0.5) is 5.82 Å². The van der Waals surface area contributed by atoms with Gasteiger partial charge in [-0.25, -0.2) is 4.98 Å². The summed E-state index contributed by atoms with van der Waals surface area (Å²) in [5.74, 6) is 0.810. The largest absolute Gasteiger partial charge is 0.352 e. The van der Waals surface area contributed by atoms with Crippen molar-refractivity contribution in [3.05, 3.63) is 71.9 Å². The van der Waals surface area contributed by atoms with Crippen LogP contribution in [0, 0.1) is 0 Å². The average molecular weight is 293 g/mol. The van der Waals surface area contributed by atoms with Gasteiger partial charge >= 0.3 is 0 Å². The van der Waals surface area contributed by atoms with Crippen molar-refractivity contribution in [2.24, 2.45) is 0 Å². The molecular weight excluding hydrogens is 274 g/mol. The van der Waals surface area contributed by atoms with Crippen LogP contribution in [-0.2, 0) is 24.3 Å². The number of rotatable bonds is 4. The molecule has 0 bridgehead atoms. The van der Waals surface area contributed by atoms with Crippen molar-refractivity contribution in [2.75, 3.05) is 11.4 Å². The molecule has 2 aromatic rings. The molecule has 3 rings (SSSR count). The quantitative estimate of drug-likeness (QED) is 0.881. The van der Waals surface area contributed by atoms with Crippen LogP contribution in [0.2, 0.25) is 0 Å². The molecule has 1 N–H and O–H groups in total. The Kier molecular flexibility index (Phi) is 4.19. The van der Waals surface area contributed by atoms with Crippen LogP contribution in [0.1, 0.15) is 16.7 Å². The Morgan fingerprint density at radius 3 is 2.82 bits per heavy atom. The number of fused-ring (bicyclic) bond motifs is 1. The van der Waals surface area contributed by atoms with E-state index in [-0.39, 0.29) is 5.91 Å². The highest BCUT2D eigenvalue weighted by Crippen LogP contribution is 2.22. The van der Waals surface area contributed by atoms with Crippen LogP contribution >= 0.6 is 0 Å². The summed E-state index contributed by atoms with van der Waals surface area (Å²) in [4.78, 5) is 18.0. The van der Waals surface area contributed by atoms with Crippen molar-refractivity contribution in [3.8, 4) is 0 Å². The highest BCUT2D eigenvalue weighted by Gasteiger charge is 2.16. The van der Waals surface area contributed by atoms with Gasteiger partial charge < -0.3 is 10.2 Å². The molecule has 0 fully saturated rings. The van der Waals surface area contributed by atoms with Crippen LogP contribution < -0.4 is 10.2 Å². The maximum Gasteiger partial charge on any atom is 0.243 e. The third-order valence-electron chi connectivity index (χ3n) is 3.92.